The van der Waals surface area contributed by atoms with Crippen LogP contribution in [0.1, 0.15) is 19.4 Å². The average Bonchev–Trinajstić information content (AvgIpc) is 2.68. The molecule has 2 rings (SSSR count). The lowest BCUT2D eigenvalue weighted by atomic mass is 10.2. The zero-order valence-corrected chi connectivity index (χ0v) is 17.7. The molecule has 0 spiro atoms. The fourth-order valence-electron chi connectivity index (χ4n) is 2.48. The maximum Gasteiger partial charge on any atom is 0.250 e. The maximum atomic E-state index is 12.9. The molecule has 2 aromatic carbocycles. The van der Waals surface area contributed by atoms with Crippen LogP contribution >= 0.6 is 12.2 Å². The van der Waals surface area contributed by atoms with E-state index in [1.807, 2.05) is 0 Å². The molecule has 0 aromatic heterocycles. The zero-order valence-electron chi connectivity index (χ0n) is 16.1. The molecular formula is C20H22FN3O3S2. The van der Waals surface area contributed by atoms with E-state index in [9.17, 15) is 17.6 Å². The molecular weight excluding hydrogens is 413 g/mol. The standard InChI is InChI=1S/C20H22FN3O3S2/c1-3-24(4-2)29(26,27)18-12-10-17(11-13-18)22-20(28)23-19(25)14-7-15-5-8-16(21)9-6-15/h5-14H,3-4H2,1-2H3,(H2,22,23,25,28). The molecule has 6 nitrogen and oxygen atoms in total. The van der Waals surface area contributed by atoms with Crippen LogP contribution in [-0.2, 0) is 14.8 Å². The van der Waals surface area contributed by atoms with Gasteiger partial charge in [0.05, 0.1) is 4.90 Å². The summed E-state index contributed by atoms with van der Waals surface area (Å²) >= 11 is 5.09. The second kappa shape index (κ2) is 10.2. The Hall–Kier alpha value is -2.62. The molecule has 2 N–H and O–H groups in total. The Balaban J connectivity index is 1.95. The number of hydrogen-bond donors (Lipinski definition) is 2. The second-order valence-corrected chi connectivity index (χ2v) is 8.29. The summed E-state index contributed by atoms with van der Waals surface area (Å²) in [6, 6.07) is 11.8. The number of anilines is 1. The van der Waals surface area contributed by atoms with E-state index in [-0.39, 0.29) is 15.8 Å². The van der Waals surface area contributed by atoms with Gasteiger partial charge in [0.25, 0.3) is 0 Å². The lowest BCUT2D eigenvalue weighted by Crippen LogP contribution is -2.33. The third-order valence-electron chi connectivity index (χ3n) is 3.99. The van der Waals surface area contributed by atoms with Crippen LogP contribution < -0.4 is 10.6 Å². The highest BCUT2D eigenvalue weighted by atomic mass is 32.2. The van der Waals surface area contributed by atoms with Crippen LogP contribution in [-0.4, -0.2) is 36.8 Å². The number of nitrogens with one attached hydrogen (secondary N) is 2. The predicted octanol–water partition coefficient (Wildman–Crippen LogP) is 3.38. The lowest BCUT2D eigenvalue weighted by molar-refractivity contribution is -0.115. The summed E-state index contributed by atoms with van der Waals surface area (Å²) in [5, 5.41) is 5.38. The Bertz CT molecular complexity index is 985. The number of nitrogens with zero attached hydrogens (tertiary/aromatic N) is 1. The van der Waals surface area contributed by atoms with Crippen LogP contribution in [0.5, 0.6) is 0 Å². The number of halogens is 1. The van der Waals surface area contributed by atoms with E-state index in [1.54, 1.807) is 38.1 Å². The molecule has 0 atom stereocenters. The number of rotatable bonds is 7. The van der Waals surface area contributed by atoms with Crippen LogP contribution in [0.3, 0.4) is 0 Å². The molecule has 1 amide bonds. The highest BCUT2D eigenvalue weighted by Gasteiger charge is 2.21. The van der Waals surface area contributed by atoms with Crippen molar-refractivity contribution in [1.82, 2.24) is 9.62 Å². The number of amides is 1. The Labute approximate surface area is 175 Å². The molecule has 0 heterocycles. The summed E-state index contributed by atoms with van der Waals surface area (Å²) in [7, 11) is -3.53. The van der Waals surface area contributed by atoms with Gasteiger partial charge in [0.1, 0.15) is 5.82 Å². The molecule has 0 radical (unpaired) electrons. The summed E-state index contributed by atoms with van der Waals surface area (Å²) < 4.78 is 39.2. The summed E-state index contributed by atoms with van der Waals surface area (Å²) in [6.07, 6.45) is 2.81. The van der Waals surface area contributed by atoms with Crippen molar-refractivity contribution < 1.29 is 17.6 Å². The summed E-state index contributed by atoms with van der Waals surface area (Å²) in [5.41, 5.74) is 1.21. The molecule has 29 heavy (non-hydrogen) atoms. The van der Waals surface area contributed by atoms with Crippen molar-refractivity contribution in [2.45, 2.75) is 18.7 Å². The van der Waals surface area contributed by atoms with E-state index < -0.39 is 15.9 Å². The van der Waals surface area contributed by atoms with Crippen LogP contribution in [0.2, 0.25) is 0 Å². The minimum absolute atomic E-state index is 0.0677. The van der Waals surface area contributed by atoms with Gasteiger partial charge in [-0.25, -0.2) is 12.8 Å². The second-order valence-electron chi connectivity index (χ2n) is 5.94. The first-order valence-corrected chi connectivity index (χ1v) is 10.8. The van der Waals surface area contributed by atoms with Crippen LogP contribution in [0.25, 0.3) is 6.08 Å². The normalized spacial score (nSPS) is 11.6. The van der Waals surface area contributed by atoms with E-state index in [0.717, 1.165) is 0 Å². The van der Waals surface area contributed by atoms with Crippen molar-refractivity contribution in [3.8, 4) is 0 Å². The molecule has 0 aliphatic carbocycles. The Morgan fingerprint density at radius 3 is 2.21 bits per heavy atom. The minimum Gasteiger partial charge on any atom is -0.332 e. The van der Waals surface area contributed by atoms with Gasteiger partial charge < -0.3 is 5.32 Å². The molecule has 0 fully saturated rings. The van der Waals surface area contributed by atoms with E-state index in [1.165, 1.54) is 40.7 Å². The molecule has 0 bridgehead atoms. The monoisotopic (exact) mass is 435 g/mol. The van der Waals surface area contributed by atoms with Crippen molar-refractivity contribution in [1.29, 1.82) is 0 Å². The van der Waals surface area contributed by atoms with Gasteiger partial charge in [-0.15, -0.1) is 0 Å². The van der Waals surface area contributed by atoms with Crippen LogP contribution in [0.15, 0.2) is 59.5 Å². The largest absolute Gasteiger partial charge is 0.332 e. The number of hydrogen-bond acceptors (Lipinski definition) is 4. The molecule has 154 valence electrons. The van der Waals surface area contributed by atoms with Gasteiger partial charge in [-0.3, -0.25) is 10.1 Å². The number of sulfonamides is 1. The third kappa shape index (κ3) is 6.45. The molecule has 0 aliphatic rings. The summed E-state index contributed by atoms with van der Waals surface area (Å²) in [4.78, 5) is 12.1. The minimum atomic E-state index is -3.53. The Morgan fingerprint density at radius 2 is 1.66 bits per heavy atom. The van der Waals surface area contributed by atoms with E-state index in [2.05, 4.69) is 10.6 Å². The van der Waals surface area contributed by atoms with E-state index in [4.69, 9.17) is 12.2 Å². The predicted molar refractivity (Wildman–Crippen MR) is 116 cm³/mol. The maximum absolute atomic E-state index is 12.9. The van der Waals surface area contributed by atoms with Crippen molar-refractivity contribution in [3.63, 3.8) is 0 Å². The average molecular weight is 436 g/mol. The Kier molecular flexibility index (Phi) is 8.00. The highest BCUT2D eigenvalue weighted by Crippen LogP contribution is 2.18. The first-order chi connectivity index (χ1) is 13.8. The van der Waals surface area contributed by atoms with Gasteiger partial charge in [0.15, 0.2) is 5.11 Å². The first kappa shape index (κ1) is 22.7. The van der Waals surface area contributed by atoms with E-state index in [0.29, 0.717) is 24.3 Å². The van der Waals surface area contributed by atoms with Crippen molar-refractivity contribution in [3.05, 3.63) is 66.0 Å². The topological polar surface area (TPSA) is 78.5 Å². The van der Waals surface area contributed by atoms with Gasteiger partial charge in [-0.2, -0.15) is 4.31 Å². The van der Waals surface area contributed by atoms with Crippen molar-refractivity contribution in [2.75, 3.05) is 18.4 Å². The molecule has 2 aromatic rings. The van der Waals surface area contributed by atoms with Gasteiger partial charge in [-0.1, -0.05) is 26.0 Å². The Morgan fingerprint density at radius 1 is 1.07 bits per heavy atom. The fraction of sp³-hybridized carbons (Fsp3) is 0.200. The molecule has 0 aliphatic heterocycles. The summed E-state index contributed by atoms with van der Waals surface area (Å²) in [5.74, 6) is -0.805. The molecule has 9 heteroatoms. The smallest absolute Gasteiger partial charge is 0.250 e. The lowest BCUT2D eigenvalue weighted by Gasteiger charge is -2.18. The molecule has 0 unspecified atom stereocenters. The number of carbonyl (C=O) groups is 1. The number of benzene rings is 2. The first-order valence-electron chi connectivity index (χ1n) is 8.92. The third-order valence-corrected chi connectivity index (χ3v) is 6.26. The zero-order chi connectivity index (χ0) is 21.4. The number of carbonyl (C=O) groups excluding carboxylic acids is 1. The summed E-state index contributed by atoms with van der Waals surface area (Å²) in [6.45, 7) is 4.34. The molecule has 0 saturated carbocycles. The molecule has 0 saturated heterocycles. The van der Waals surface area contributed by atoms with Crippen LogP contribution in [0.4, 0.5) is 10.1 Å². The van der Waals surface area contributed by atoms with Gasteiger partial charge in [0.2, 0.25) is 15.9 Å². The van der Waals surface area contributed by atoms with Gasteiger partial charge >= 0.3 is 0 Å². The van der Waals surface area contributed by atoms with Crippen molar-refractivity contribution in [2.24, 2.45) is 0 Å². The van der Waals surface area contributed by atoms with Gasteiger partial charge in [0, 0.05) is 24.9 Å². The quantitative estimate of drug-likeness (QED) is 0.515. The van der Waals surface area contributed by atoms with E-state index >= 15 is 0 Å². The van der Waals surface area contributed by atoms with Crippen LogP contribution in [0, 0.1) is 5.82 Å². The SMILES string of the molecule is CCN(CC)S(=O)(=O)c1ccc(NC(=S)NC(=O)C=Cc2ccc(F)cc2)cc1. The van der Waals surface area contributed by atoms with Crippen molar-refractivity contribution >= 4 is 45.0 Å². The van der Waals surface area contributed by atoms with Gasteiger partial charge in [-0.05, 0) is 60.3 Å². The number of thiocarbonyl (C=S) groups is 1. The fourth-order valence-corrected chi connectivity index (χ4v) is 4.16. The highest BCUT2D eigenvalue weighted by molar-refractivity contribution is 7.89.